The van der Waals surface area contributed by atoms with Crippen molar-refractivity contribution in [3.05, 3.63) is 53.8 Å². The smallest absolute Gasteiger partial charge is 0.265 e. The second-order valence-electron chi connectivity index (χ2n) is 7.85. The summed E-state index contributed by atoms with van der Waals surface area (Å²) >= 11 is 0. The maximum absolute atomic E-state index is 14.7. The Morgan fingerprint density at radius 1 is 1.13 bits per heavy atom. The van der Waals surface area contributed by atoms with Crippen molar-refractivity contribution in [3.8, 4) is 11.1 Å². The molecular weight excluding hydrogens is 421 g/mol. The van der Waals surface area contributed by atoms with Crippen LogP contribution in [0.2, 0.25) is 0 Å². The van der Waals surface area contributed by atoms with Gasteiger partial charge in [0.1, 0.15) is 5.82 Å². The maximum atomic E-state index is 14.7. The maximum Gasteiger partial charge on any atom is 0.265 e. The molecule has 1 heterocycles. The van der Waals surface area contributed by atoms with E-state index in [2.05, 4.69) is 6.92 Å². The van der Waals surface area contributed by atoms with Crippen LogP contribution in [0.4, 0.5) is 4.39 Å². The molecule has 0 bridgehead atoms. The van der Waals surface area contributed by atoms with E-state index in [1.54, 1.807) is 6.07 Å². The van der Waals surface area contributed by atoms with Gasteiger partial charge in [-0.25, -0.2) is 18.3 Å². The van der Waals surface area contributed by atoms with Crippen LogP contribution in [0.25, 0.3) is 11.1 Å². The number of unbranched alkanes of at least 4 members (excludes halogenated alkanes) is 2. The van der Waals surface area contributed by atoms with Crippen LogP contribution in [0.3, 0.4) is 0 Å². The Kier molecular flexibility index (Phi) is 7.46. The highest BCUT2D eigenvalue weighted by atomic mass is 32.2. The number of sulfone groups is 1. The molecule has 31 heavy (non-hydrogen) atoms. The fourth-order valence-corrected chi connectivity index (χ4v) is 5.93. The van der Waals surface area contributed by atoms with Crippen molar-refractivity contribution >= 4 is 15.7 Å². The zero-order valence-electron chi connectivity index (χ0n) is 17.6. The topological polar surface area (TPSA) is 92.7 Å². The molecule has 1 saturated heterocycles. The van der Waals surface area contributed by atoms with Crippen LogP contribution in [0.5, 0.6) is 0 Å². The van der Waals surface area contributed by atoms with Crippen LogP contribution in [0, 0.1) is 5.82 Å². The van der Waals surface area contributed by atoms with Gasteiger partial charge in [-0.15, -0.1) is 0 Å². The molecule has 2 N–H and O–H groups in total. The Hall–Kier alpha value is -2.29. The molecule has 1 aliphatic heterocycles. The molecule has 1 amide bonds. The molecule has 0 atom stereocenters. The number of rotatable bonds is 8. The summed E-state index contributed by atoms with van der Waals surface area (Å²) in [6, 6.07) is 10.9. The van der Waals surface area contributed by atoms with E-state index in [0.29, 0.717) is 11.1 Å². The minimum atomic E-state index is -4.11. The van der Waals surface area contributed by atoms with E-state index in [1.807, 2.05) is 6.07 Å². The Bertz CT molecular complexity index is 1010. The molecule has 0 spiro atoms. The first-order valence-corrected chi connectivity index (χ1v) is 12.0. The normalized spacial score (nSPS) is 16.1. The molecule has 6 nitrogen and oxygen atoms in total. The average Bonchev–Trinajstić information content (AvgIpc) is 2.79. The van der Waals surface area contributed by atoms with Crippen LogP contribution >= 0.6 is 0 Å². The molecule has 168 valence electrons. The Labute approximate surface area is 182 Å². The minimum absolute atomic E-state index is 0.0571. The van der Waals surface area contributed by atoms with Gasteiger partial charge in [0, 0.05) is 18.8 Å². The Morgan fingerprint density at radius 2 is 1.81 bits per heavy atom. The van der Waals surface area contributed by atoms with Crippen molar-refractivity contribution in [2.75, 3.05) is 13.2 Å². The largest absolute Gasteiger partial charge is 0.381 e. The number of hydroxylamine groups is 1. The molecule has 0 saturated carbocycles. The van der Waals surface area contributed by atoms with E-state index >= 15 is 0 Å². The highest BCUT2D eigenvalue weighted by molar-refractivity contribution is 7.93. The number of amides is 1. The Balaban J connectivity index is 1.88. The predicted molar refractivity (Wildman–Crippen MR) is 115 cm³/mol. The molecule has 0 aliphatic carbocycles. The number of ether oxygens (including phenoxy) is 1. The van der Waals surface area contributed by atoms with Crippen LogP contribution in [0.1, 0.15) is 44.6 Å². The van der Waals surface area contributed by atoms with E-state index in [-0.39, 0.29) is 36.8 Å². The monoisotopic (exact) mass is 449 g/mol. The van der Waals surface area contributed by atoms with Crippen molar-refractivity contribution in [2.24, 2.45) is 0 Å². The first-order chi connectivity index (χ1) is 14.9. The second-order valence-corrected chi connectivity index (χ2v) is 10.1. The SMILES string of the molecule is CCCCCc1ccc(-c2ccc(S(=O)(=O)C3(C(=O)NO)CCOCC3)cc2)c(F)c1. The molecule has 0 aromatic heterocycles. The summed E-state index contributed by atoms with van der Waals surface area (Å²) in [6.45, 7) is 2.31. The molecule has 3 rings (SSSR count). The summed E-state index contributed by atoms with van der Waals surface area (Å²) in [5.41, 5.74) is 3.36. The molecule has 2 aromatic rings. The number of hydrogen-bond acceptors (Lipinski definition) is 5. The summed E-state index contributed by atoms with van der Waals surface area (Å²) in [5, 5.41) is 9.13. The number of halogens is 1. The van der Waals surface area contributed by atoms with Gasteiger partial charge in [-0.05, 0) is 55.0 Å². The van der Waals surface area contributed by atoms with E-state index in [4.69, 9.17) is 9.94 Å². The van der Waals surface area contributed by atoms with Crippen molar-refractivity contribution in [1.82, 2.24) is 5.48 Å². The number of aryl methyl sites for hydroxylation is 1. The first-order valence-electron chi connectivity index (χ1n) is 10.5. The predicted octanol–water partition coefficient (Wildman–Crippen LogP) is 4.05. The van der Waals surface area contributed by atoms with Gasteiger partial charge in [0.15, 0.2) is 14.6 Å². The molecule has 1 aliphatic rings. The summed E-state index contributed by atoms with van der Waals surface area (Å²) < 4.78 is 44.7. The average molecular weight is 450 g/mol. The fourth-order valence-electron chi connectivity index (χ4n) is 3.99. The number of carbonyl (C=O) groups is 1. The lowest BCUT2D eigenvalue weighted by molar-refractivity contribution is -0.134. The third kappa shape index (κ3) is 4.66. The van der Waals surface area contributed by atoms with Crippen LogP contribution in [-0.2, 0) is 25.8 Å². The fraction of sp³-hybridized carbons (Fsp3) is 0.435. The zero-order valence-corrected chi connectivity index (χ0v) is 18.4. The second kappa shape index (κ2) is 9.89. The van der Waals surface area contributed by atoms with Gasteiger partial charge in [0.05, 0.1) is 4.90 Å². The summed E-state index contributed by atoms with van der Waals surface area (Å²) in [7, 11) is -4.11. The van der Waals surface area contributed by atoms with Crippen LogP contribution < -0.4 is 5.48 Å². The third-order valence-electron chi connectivity index (χ3n) is 5.91. The lowest BCUT2D eigenvalue weighted by Crippen LogP contribution is -2.54. The first kappa shape index (κ1) is 23.4. The lowest BCUT2D eigenvalue weighted by Gasteiger charge is -2.34. The molecule has 0 unspecified atom stereocenters. The summed E-state index contributed by atoms with van der Waals surface area (Å²) in [6.07, 6.45) is 3.91. The van der Waals surface area contributed by atoms with Crippen LogP contribution in [0.15, 0.2) is 47.4 Å². The summed E-state index contributed by atoms with van der Waals surface area (Å²) in [4.78, 5) is 12.3. The minimum Gasteiger partial charge on any atom is -0.381 e. The van der Waals surface area contributed by atoms with Gasteiger partial charge in [0.25, 0.3) is 5.91 Å². The van der Waals surface area contributed by atoms with E-state index in [9.17, 15) is 17.6 Å². The van der Waals surface area contributed by atoms with E-state index in [0.717, 1.165) is 31.2 Å². The number of nitrogens with one attached hydrogen (secondary N) is 1. The number of benzene rings is 2. The van der Waals surface area contributed by atoms with E-state index in [1.165, 1.54) is 35.8 Å². The number of hydrogen-bond donors (Lipinski definition) is 2. The van der Waals surface area contributed by atoms with E-state index < -0.39 is 20.5 Å². The van der Waals surface area contributed by atoms with Gasteiger partial charge in [0.2, 0.25) is 0 Å². The Morgan fingerprint density at radius 3 is 2.39 bits per heavy atom. The number of carbonyl (C=O) groups excluding carboxylic acids is 1. The van der Waals surface area contributed by atoms with Crippen molar-refractivity contribution in [2.45, 2.75) is 55.1 Å². The molecule has 1 fully saturated rings. The van der Waals surface area contributed by atoms with Crippen molar-refractivity contribution < 1.29 is 27.5 Å². The standard InChI is InChI=1S/C23H28FNO5S/c1-2-3-4-5-17-6-11-20(21(24)16-17)18-7-9-19(10-8-18)31(28,29)23(22(26)25-27)12-14-30-15-13-23/h6-11,16,27H,2-5,12-15H2,1H3,(H,25,26). The van der Waals surface area contributed by atoms with Crippen LogP contribution in [-0.4, -0.2) is 37.5 Å². The molecule has 8 heteroatoms. The lowest BCUT2D eigenvalue weighted by atomic mass is 9.98. The molecule has 2 aromatic carbocycles. The zero-order chi connectivity index (χ0) is 22.5. The van der Waals surface area contributed by atoms with Gasteiger partial charge in [-0.2, -0.15) is 0 Å². The van der Waals surface area contributed by atoms with Gasteiger partial charge < -0.3 is 4.74 Å². The quantitative estimate of drug-likeness (QED) is 0.360. The van der Waals surface area contributed by atoms with Gasteiger partial charge in [-0.3, -0.25) is 10.0 Å². The van der Waals surface area contributed by atoms with Gasteiger partial charge in [-0.1, -0.05) is 44.0 Å². The van der Waals surface area contributed by atoms with Crippen molar-refractivity contribution in [3.63, 3.8) is 0 Å². The van der Waals surface area contributed by atoms with Gasteiger partial charge >= 0.3 is 0 Å². The highest BCUT2D eigenvalue weighted by Crippen LogP contribution is 2.36. The van der Waals surface area contributed by atoms with Crippen molar-refractivity contribution in [1.29, 1.82) is 0 Å². The molecular formula is C23H28FNO5S. The highest BCUT2D eigenvalue weighted by Gasteiger charge is 2.52. The molecule has 0 radical (unpaired) electrons. The third-order valence-corrected chi connectivity index (χ3v) is 8.42. The summed E-state index contributed by atoms with van der Waals surface area (Å²) in [5.74, 6) is -1.32.